The standard InChI is InChI=1S/C13H22N4O2.ClH/c1-2-19-9-7-15-13(18)12-5-8-17(16-12)11-4-3-6-14-10-11;/h5,8,11,14H,2-4,6-7,9-10H2,1H3,(H,15,18);1H. The van der Waals surface area contributed by atoms with E-state index in [0.29, 0.717) is 31.5 Å². The molecule has 0 aromatic carbocycles. The second kappa shape index (κ2) is 8.94. The van der Waals surface area contributed by atoms with Crippen LogP contribution in [0, 0.1) is 0 Å². The molecule has 0 aliphatic carbocycles. The van der Waals surface area contributed by atoms with Gasteiger partial charge in [-0.2, -0.15) is 5.10 Å². The Kier molecular flexibility index (Phi) is 7.58. The number of aromatic nitrogens is 2. The molecule has 20 heavy (non-hydrogen) atoms. The molecule has 0 bridgehead atoms. The third-order valence-electron chi connectivity index (χ3n) is 3.22. The van der Waals surface area contributed by atoms with Crippen molar-refractivity contribution in [2.75, 3.05) is 32.8 Å². The molecule has 1 fully saturated rings. The van der Waals surface area contributed by atoms with E-state index in [0.717, 1.165) is 25.9 Å². The lowest BCUT2D eigenvalue weighted by atomic mass is 10.1. The van der Waals surface area contributed by atoms with Gasteiger partial charge >= 0.3 is 0 Å². The van der Waals surface area contributed by atoms with E-state index in [1.807, 2.05) is 17.8 Å². The summed E-state index contributed by atoms with van der Waals surface area (Å²) < 4.78 is 7.06. The van der Waals surface area contributed by atoms with Crippen LogP contribution in [0.5, 0.6) is 0 Å². The van der Waals surface area contributed by atoms with Crippen LogP contribution in [0.2, 0.25) is 0 Å². The second-order valence-electron chi connectivity index (χ2n) is 4.63. The van der Waals surface area contributed by atoms with Crippen molar-refractivity contribution in [2.45, 2.75) is 25.8 Å². The molecule has 1 aliphatic heterocycles. The summed E-state index contributed by atoms with van der Waals surface area (Å²) in [5, 5.41) is 10.5. The highest BCUT2D eigenvalue weighted by Gasteiger charge is 2.17. The highest BCUT2D eigenvalue weighted by molar-refractivity contribution is 5.92. The quantitative estimate of drug-likeness (QED) is 0.769. The van der Waals surface area contributed by atoms with Crippen molar-refractivity contribution < 1.29 is 9.53 Å². The Bertz CT molecular complexity index is 405. The Hall–Kier alpha value is -1.11. The summed E-state index contributed by atoms with van der Waals surface area (Å²) in [6.45, 7) is 5.65. The van der Waals surface area contributed by atoms with Crippen molar-refractivity contribution in [3.8, 4) is 0 Å². The SMILES string of the molecule is CCOCCNC(=O)c1ccn(C2CCCNC2)n1.Cl. The molecule has 7 heteroatoms. The highest BCUT2D eigenvalue weighted by atomic mass is 35.5. The fourth-order valence-electron chi connectivity index (χ4n) is 2.19. The number of piperidine rings is 1. The lowest BCUT2D eigenvalue weighted by Crippen LogP contribution is -2.32. The summed E-state index contributed by atoms with van der Waals surface area (Å²) in [4.78, 5) is 11.8. The predicted octanol–water partition coefficient (Wildman–Crippen LogP) is 0.996. The van der Waals surface area contributed by atoms with E-state index in [4.69, 9.17) is 4.74 Å². The predicted molar refractivity (Wildman–Crippen MR) is 79.4 cm³/mol. The number of halogens is 1. The fraction of sp³-hybridized carbons (Fsp3) is 0.692. The lowest BCUT2D eigenvalue weighted by molar-refractivity contribution is 0.0916. The number of hydrogen-bond donors (Lipinski definition) is 2. The van der Waals surface area contributed by atoms with Crippen LogP contribution in [0.15, 0.2) is 12.3 Å². The summed E-state index contributed by atoms with van der Waals surface area (Å²) in [6.07, 6.45) is 4.15. The molecule has 0 radical (unpaired) electrons. The van der Waals surface area contributed by atoms with Crippen LogP contribution in [-0.2, 0) is 4.74 Å². The van der Waals surface area contributed by atoms with Gasteiger partial charge in [-0.1, -0.05) is 0 Å². The molecule has 1 aromatic heterocycles. The third-order valence-corrected chi connectivity index (χ3v) is 3.22. The maximum Gasteiger partial charge on any atom is 0.271 e. The summed E-state index contributed by atoms with van der Waals surface area (Å²) in [5.41, 5.74) is 0.474. The summed E-state index contributed by atoms with van der Waals surface area (Å²) >= 11 is 0. The number of hydrogen-bond acceptors (Lipinski definition) is 4. The number of nitrogens with zero attached hydrogens (tertiary/aromatic N) is 2. The zero-order valence-electron chi connectivity index (χ0n) is 11.8. The van der Waals surface area contributed by atoms with Gasteiger partial charge in [0.15, 0.2) is 0 Å². The number of carbonyl (C=O) groups is 1. The maximum absolute atomic E-state index is 11.8. The zero-order chi connectivity index (χ0) is 13.5. The molecule has 1 saturated heterocycles. The van der Waals surface area contributed by atoms with Crippen molar-refractivity contribution in [3.63, 3.8) is 0 Å². The first-order valence-corrected chi connectivity index (χ1v) is 6.93. The van der Waals surface area contributed by atoms with Gasteiger partial charge in [0.25, 0.3) is 5.91 Å². The Morgan fingerprint density at radius 2 is 2.50 bits per heavy atom. The minimum Gasteiger partial charge on any atom is -0.380 e. The van der Waals surface area contributed by atoms with E-state index in [-0.39, 0.29) is 18.3 Å². The van der Waals surface area contributed by atoms with Gasteiger partial charge in [0.2, 0.25) is 0 Å². The first kappa shape index (κ1) is 16.9. The average molecular weight is 303 g/mol. The van der Waals surface area contributed by atoms with Crippen molar-refractivity contribution in [1.29, 1.82) is 0 Å². The van der Waals surface area contributed by atoms with Gasteiger partial charge in [0, 0.05) is 25.9 Å². The fourth-order valence-corrected chi connectivity index (χ4v) is 2.19. The minimum absolute atomic E-state index is 0. The van der Waals surface area contributed by atoms with Gasteiger partial charge in [0.1, 0.15) is 5.69 Å². The molecule has 1 amide bonds. The lowest BCUT2D eigenvalue weighted by Gasteiger charge is -2.22. The van der Waals surface area contributed by atoms with Gasteiger partial charge in [-0.05, 0) is 32.4 Å². The Morgan fingerprint density at radius 1 is 1.65 bits per heavy atom. The first-order chi connectivity index (χ1) is 9.31. The van der Waals surface area contributed by atoms with Crippen molar-refractivity contribution in [1.82, 2.24) is 20.4 Å². The minimum atomic E-state index is -0.137. The van der Waals surface area contributed by atoms with Crippen LogP contribution in [0.3, 0.4) is 0 Å². The van der Waals surface area contributed by atoms with E-state index < -0.39 is 0 Å². The van der Waals surface area contributed by atoms with E-state index in [2.05, 4.69) is 15.7 Å². The molecule has 1 unspecified atom stereocenters. The van der Waals surface area contributed by atoms with Gasteiger partial charge in [-0.3, -0.25) is 9.48 Å². The van der Waals surface area contributed by atoms with Gasteiger partial charge in [0.05, 0.1) is 12.6 Å². The second-order valence-corrected chi connectivity index (χ2v) is 4.63. The van der Waals surface area contributed by atoms with Crippen LogP contribution in [0.4, 0.5) is 0 Å². The van der Waals surface area contributed by atoms with Gasteiger partial charge < -0.3 is 15.4 Å². The molecule has 1 atom stereocenters. The van der Waals surface area contributed by atoms with Crippen molar-refractivity contribution in [2.24, 2.45) is 0 Å². The summed E-state index contributed by atoms with van der Waals surface area (Å²) in [6, 6.07) is 2.13. The monoisotopic (exact) mass is 302 g/mol. The Balaban J connectivity index is 0.00000200. The number of ether oxygens (including phenoxy) is 1. The largest absolute Gasteiger partial charge is 0.380 e. The van der Waals surface area contributed by atoms with E-state index in [1.54, 1.807) is 6.07 Å². The molecular weight excluding hydrogens is 280 g/mol. The van der Waals surface area contributed by atoms with E-state index in [9.17, 15) is 4.79 Å². The van der Waals surface area contributed by atoms with Crippen LogP contribution < -0.4 is 10.6 Å². The molecule has 1 aromatic rings. The topological polar surface area (TPSA) is 68.2 Å². The van der Waals surface area contributed by atoms with Crippen LogP contribution in [-0.4, -0.2) is 48.5 Å². The third kappa shape index (κ3) is 4.77. The number of amides is 1. The summed E-state index contributed by atoms with van der Waals surface area (Å²) in [7, 11) is 0. The molecule has 0 spiro atoms. The van der Waals surface area contributed by atoms with Gasteiger partial charge in [-0.25, -0.2) is 0 Å². The molecule has 2 N–H and O–H groups in total. The number of carbonyl (C=O) groups excluding carboxylic acids is 1. The molecule has 6 nitrogen and oxygen atoms in total. The number of nitrogens with one attached hydrogen (secondary N) is 2. The molecular formula is C13H23ClN4O2. The smallest absolute Gasteiger partial charge is 0.271 e. The molecule has 0 saturated carbocycles. The molecule has 2 heterocycles. The van der Waals surface area contributed by atoms with Gasteiger partial charge in [-0.15, -0.1) is 12.4 Å². The summed E-state index contributed by atoms with van der Waals surface area (Å²) in [5.74, 6) is -0.137. The first-order valence-electron chi connectivity index (χ1n) is 6.93. The van der Waals surface area contributed by atoms with Crippen molar-refractivity contribution >= 4 is 18.3 Å². The molecule has 114 valence electrons. The normalized spacial score (nSPS) is 18.4. The number of rotatable bonds is 6. The average Bonchev–Trinajstić information content (AvgIpc) is 2.94. The van der Waals surface area contributed by atoms with E-state index >= 15 is 0 Å². The maximum atomic E-state index is 11.8. The van der Waals surface area contributed by atoms with Crippen LogP contribution in [0.25, 0.3) is 0 Å². The van der Waals surface area contributed by atoms with E-state index in [1.165, 1.54) is 0 Å². The molecule has 2 rings (SSSR count). The molecule has 1 aliphatic rings. The van der Waals surface area contributed by atoms with Crippen molar-refractivity contribution in [3.05, 3.63) is 18.0 Å². The highest BCUT2D eigenvalue weighted by Crippen LogP contribution is 2.15. The van der Waals surface area contributed by atoms with Crippen LogP contribution in [0.1, 0.15) is 36.3 Å². The zero-order valence-corrected chi connectivity index (χ0v) is 12.6. The Morgan fingerprint density at radius 3 is 3.20 bits per heavy atom. The van der Waals surface area contributed by atoms with Crippen LogP contribution >= 0.6 is 12.4 Å². The Labute approximate surface area is 125 Å².